The molecule has 26 heavy (non-hydrogen) atoms. The predicted octanol–water partition coefficient (Wildman–Crippen LogP) is 3.32. The molecule has 0 heterocycles. The summed E-state index contributed by atoms with van der Waals surface area (Å²) in [6.45, 7) is 2.63. The molecule has 2 N–H and O–H groups in total. The number of amides is 1. The monoisotopic (exact) mass is 394 g/mol. The zero-order chi connectivity index (χ0) is 19.0. The first-order chi connectivity index (χ1) is 12.4. The summed E-state index contributed by atoms with van der Waals surface area (Å²) in [6, 6.07) is 16.0. The van der Waals surface area contributed by atoms with Gasteiger partial charge in [0.05, 0.1) is 4.90 Å². The van der Waals surface area contributed by atoms with Crippen LogP contribution in [0.25, 0.3) is 0 Å². The second kappa shape index (κ2) is 9.71. The van der Waals surface area contributed by atoms with Gasteiger partial charge in [0.1, 0.15) is 0 Å². The standard InChI is InChI=1S/C19H23ClN2O3S/c1-2-15(16-7-4-3-5-8-16)14-21-19(23)11-12-22-26(24,25)18-10-6-9-17(20)13-18/h3-10,13,15,22H,2,11-12,14H2,1H3,(H,21,23). The number of carbonyl (C=O) groups excluding carboxylic acids is 1. The van der Waals surface area contributed by atoms with Crippen LogP contribution < -0.4 is 10.0 Å². The van der Waals surface area contributed by atoms with Gasteiger partial charge >= 0.3 is 0 Å². The fourth-order valence-electron chi connectivity index (χ4n) is 2.56. The average molecular weight is 395 g/mol. The highest BCUT2D eigenvalue weighted by atomic mass is 35.5. The first-order valence-electron chi connectivity index (χ1n) is 8.49. The zero-order valence-corrected chi connectivity index (χ0v) is 16.2. The van der Waals surface area contributed by atoms with Crippen LogP contribution in [-0.4, -0.2) is 27.4 Å². The molecule has 5 nitrogen and oxygen atoms in total. The summed E-state index contributed by atoms with van der Waals surface area (Å²) >= 11 is 5.81. The summed E-state index contributed by atoms with van der Waals surface area (Å²) in [5, 5.41) is 3.22. The van der Waals surface area contributed by atoms with Crippen molar-refractivity contribution >= 4 is 27.5 Å². The molecule has 0 aromatic heterocycles. The Labute approximate surface area is 159 Å². The second-order valence-electron chi connectivity index (χ2n) is 5.93. The summed E-state index contributed by atoms with van der Waals surface area (Å²) in [6.07, 6.45) is 0.983. The van der Waals surface area contributed by atoms with Crippen molar-refractivity contribution < 1.29 is 13.2 Å². The van der Waals surface area contributed by atoms with E-state index in [9.17, 15) is 13.2 Å². The van der Waals surface area contributed by atoms with Crippen molar-refractivity contribution in [3.8, 4) is 0 Å². The van der Waals surface area contributed by atoms with Crippen molar-refractivity contribution in [2.75, 3.05) is 13.1 Å². The van der Waals surface area contributed by atoms with Crippen molar-refractivity contribution in [2.45, 2.75) is 30.6 Å². The van der Waals surface area contributed by atoms with Crippen molar-refractivity contribution in [3.05, 3.63) is 65.2 Å². The maximum Gasteiger partial charge on any atom is 0.240 e. The van der Waals surface area contributed by atoms with Crippen LogP contribution in [0.1, 0.15) is 31.2 Å². The third-order valence-corrected chi connectivity index (χ3v) is 5.75. The highest BCUT2D eigenvalue weighted by molar-refractivity contribution is 7.89. The number of nitrogens with one attached hydrogen (secondary N) is 2. The Morgan fingerprint density at radius 2 is 1.85 bits per heavy atom. The fraction of sp³-hybridized carbons (Fsp3) is 0.316. The summed E-state index contributed by atoms with van der Waals surface area (Å²) in [5.74, 6) is 0.0523. The summed E-state index contributed by atoms with van der Waals surface area (Å²) in [4.78, 5) is 12.1. The second-order valence-corrected chi connectivity index (χ2v) is 8.13. The minimum absolute atomic E-state index is 0.0306. The van der Waals surface area contributed by atoms with E-state index in [2.05, 4.69) is 17.0 Å². The number of benzene rings is 2. The fourth-order valence-corrected chi connectivity index (χ4v) is 3.90. The number of hydrogen-bond donors (Lipinski definition) is 2. The molecule has 140 valence electrons. The van der Waals surface area contributed by atoms with Crippen LogP contribution in [0.5, 0.6) is 0 Å². The molecular weight excluding hydrogens is 372 g/mol. The molecule has 0 saturated carbocycles. The maximum absolute atomic E-state index is 12.2. The molecular formula is C19H23ClN2O3S. The quantitative estimate of drug-likeness (QED) is 0.685. The molecule has 0 saturated heterocycles. The SMILES string of the molecule is CCC(CNC(=O)CCNS(=O)(=O)c1cccc(Cl)c1)c1ccccc1. The predicted molar refractivity (Wildman–Crippen MR) is 104 cm³/mol. The van der Waals surface area contributed by atoms with Gasteiger partial charge in [-0.2, -0.15) is 0 Å². The maximum atomic E-state index is 12.2. The van der Waals surface area contributed by atoms with E-state index in [1.54, 1.807) is 12.1 Å². The third kappa shape index (κ3) is 6.12. The Bertz CT molecular complexity index is 826. The zero-order valence-electron chi connectivity index (χ0n) is 14.6. The topological polar surface area (TPSA) is 75.3 Å². The number of hydrogen-bond acceptors (Lipinski definition) is 3. The van der Waals surface area contributed by atoms with Gasteiger partial charge in [-0.1, -0.05) is 54.9 Å². The van der Waals surface area contributed by atoms with Crippen LogP contribution in [0.4, 0.5) is 0 Å². The lowest BCUT2D eigenvalue weighted by Crippen LogP contribution is -2.32. The summed E-state index contributed by atoms with van der Waals surface area (Å²) in [7, 11) is -3.67. The highest BCUT2D eigenvalue weighted by Gasteiger charge is 2.15. The van der Waals surface area contributed by atoms with Gasteiger partial charge in [0.15, 0.2) is 0 Å². The Morgan fingerprint density at radius 3 is 2.50 bits per heavy atom. The average Bonchev–Trinajstić information content (AvgIpc) is 2.63. The van der Waals surface area contributed by atoms with Crippen LogP contribution in [0.3, 0.4) is 0 Å². The molecule has 7 heteroatoms. The molecule has 0 spiro atoms. The first-order valence-corrected chi connectivity index (χ1v) is 10.4. The van der Waals surface area contributed by atoms with Crippen LogP contribution in [0.2, 0.25) is 5.02 Å². The Balaban J connectivity index is 1.80. The van der Waals surface area contributed by atoms with Gasteiger partial charge in [0.2, 0.25) is 15.9 Å². The van der Waals surface area contributed by atoms with Crippen LogP contribution in [0, 0.1) is 0 Å². The lowest BCUT2D eigenvalue weighted by Gasteiger charge is -2.16. The lowest BCUT2D eigenvalue weighted by molar-refractivity contribution is -0.121. The molecule has 0 fully saturated rings. The Hall–Kier alpha value is -1.89. The largest absolute Gasteiger partial charge is 0.355 e. The van der Waals surface area contributed by atoms with E-state index < -0.39 is 10.0 Å². The molecule has 0 aliphatic carbocycles. The third-order valence-electron chi connectivity index (χ3n) is 4.06. The molecule has 2 aromatic carbocycles. The van der Waals surface area contributed by atoms with Gasteiger partial charge in [-0.25, -0.2) is 13.1 Å². The van der Waals surface area contributed by atoms with Gasteiger partial charge < -0.3 is 5.32 Å². The molecule has 2 rings (SSSR count). The molecule has 1 atom stereocenters. The van der Waals surface area contributed by atoms with Gasteiger partial charge in [0, 0.05) is 30.5 Å². The van der Waals surface area contributed by atoms with Gasteiger partial charge in [-0.15, -0.1) is 0 Å². The van der Waals surface area contributed by atoms with E-state index in [-0.39, 0.29) is 29.7 Å². The van der Waals surface area contributed by atoms with E-state index in [1.165, 1.54) is 17.7 Å². The number of sulfonamides is 1. The van der Waals surface area contributed by atoms with E-state index >= 15 is 0 Å². The number of carbonyl (C=O) groups is 1. The highest BCUT2D eigenvalue weighted by Crippen LogP contribution is 2.18. The molecule has 1 amide bonds. The minimum Gasteiger partial charge on any atom is -0.355 e. The molecule has 1 unspecified atom stereocenters. The summed E-state index contributed by atoms with van der Waals surface area (Å²) < 4.78 is 26.7. The van der Waals surface area contributed by atoms with Crippen molar-refractivity contribution in [3.63, 3.8) is 0 Å². The minimum atomic E-state index is -3.67. The van der Waals surface area contributed by atoms with Gasteiger partial charge in [-0.3, -0.25) is 4.79 Å². The number of rotatable bonds is 9. The van der Waals surface area contributed by atoms with Gasteiger partial charge in [0.25, 0.3) is 0 Å². The summed E-state index contributed by atoms with van der Waals surface area (Å²) in [5.41, 5.74) is 1.18. The van der Waals surface area contributed by atoms with Gasteiger partial charge in [-0.05, 0) is 30.2 Å². The Morgan fingerprint density at radius 1 is 1.12 bits per heavy atom. The van der Waals surface area contributed by atoms with Crippen LogP contribution in [0.15, 0.2) is 59.5 Å². The smallest absolute Gasteiger partial charge is 0.240 e. The molecule has 0 radical (unpaired) electrons. The van der Waals surface area contributed by atoms with Crippen molar-refractivity contribution in [1.82, 2.24) is 10.0 Å². The molecule has 0 aliphatic heterocycles. The molecule has 2 aromatic rings. The van der Waals surface area contributed by atoms with E-state index in [0.717, 1.165) is 6.42 Å². The lowest BCUT2D eigenvalue weighted by atomic mass is 9.96. The number of halogens is 1. The van der Waals surface area contributed by atoms with E-state index in [4.69, 9.17) is 11.6 Å². The van der Waals surface area contributed by atoms with Crippen molar-refractivity contribution in [2.24, 2.45) is 0 Å². The van der Waals surface area contributed by atoms with Crippen LogP contribution >= 0.6 is 11.6 Å². The van der Waals surface area contributed by atoms with Crippen LogP contribution in [-0.2, 0) is 14.8 Å². The Kier molecular flexibility index (Phi) is 7.63. The van der Waals surface area contributed by atoms with E-state index in [1.807, 2.05) is 30.3 Å². The van der Waals surface area contributed by atoms with Crippen molar-refractivity contribution in [1.29, 1.82) is 0 Å². The van der Waals surface area contributed by atoms with E-state index in [0.29, 0.717) is 11.6 Å². The molecule has 0 bridgehead atoms. The molecule has 0 aliphatic rings. The first kappa shape index (κ1) is 20.4. The normalized spacial score (nSPS) is 12.5.